The molecule has 1 aromatic heterocycles. The van der Waals surface area contributed by atoms with Gasteiger partial charge in [0.25, 0.3) is 0 Å². The number of nitrogens with two attached hydrogens (primary N) is 1. The van der Waals surface area contributed by atoms with Gasteiger partial charge in [0.05, 0.1) is 18.5 Å². The summed E-state index contributed by atoms with van der Waals surface area (Å²) in [6, 6.07) is 0.213. The Bertz CT molecular complexity index is 381. The van der Waals surface area contributed by atoms with Crippen LogP contribution in [0.25, 0.3) is 0 Å². The number of anilines is 2. The zero-order valence-electron chi connectivity index (χ0n) is 9.44. The Morgan fingerprint density at radius 3 is 2.69 bits per heavy atom. The first-order chi connectivity index (χ1) is 7.54. The molecule has 1 fully saturated rings. The summed E-state index contributed by atoms with van der Waals surface area (Å²) < 4.78 is 0. The van der Waals surface area contributed by atoms with Crippen LogP contribution in [-0.4, -0.2) is 27.2 Å². The van der Waals surface area contributed by atoms with Gasteiger partial charge in [-0.3, -0.25) is 4.98 Å². The summed E-state index contributed by atoms with van der Waals surface area (Å²) in [5.41, 5.74) is 2.31. The predicted octanol–water partition coefficient (Wildman–Crippen LogP) is 0.333. The number of nitrogen functional groups attached to an aromatic ring is 1. The lowest BCUT2D eigenvalue weighted by atomic mass is 9.64. The van der Waals surface area contributed by atoms with Gasteiger partial charge in [-0.25, -0.2) is 10.8 Å². The smallest absolute Gasteiger partial charge is 0.160 e. The molecule has 1 aromatic rings. The molecule has 88 valence electrons. The molecule has 6 nitrogen and oxygen atoms in total. The van der Waals surface area contributed by atoms with Crippen molar-refractivity contribution in [1.82, 2.24) is 9.97 Å². The van der Waals surface area contributed by atoms with Crippen molar-refractivity contribution >= 4 is 11.6 Å². The second-order valence-corrected chi connectivity index (χ2v) is 4.70. The standard InChI is InChI=1S/C10H17N5O/c1-10(2)6(3-7(10)16)13-8-4-12-5-9(14-8)15-11/h4-7,16H,3,11H2,1-2H3,(H2,13,14,15). The van der Waals surface area contributed by atoms with E-state index in [0.29, 0.717) is 11.6 Å². The third kappa shape index (κ3) is 1.81. The topological polar surface area (TPSA) is 96.1 Å². The molecule has 0 radical (unpaired) electrons. The Balaban J connectivity index is 2.05. The SMILES string of the molecule is CC1(C)C(O)CC1Nc1cncc(NN)n1. The van der Waals surface area contributed by atoms with E-state index in [1.54, 1.807) is 12.4 Å². The summed E-state index contributed by atoms with van der Waals surface area (Å²) in [7, 11) is 0. The van der Waals surface area contributed by atoms with Crippen LogP contribution in [0.5, 0.6) is 0 Å². The quantitative estimate of drug-likeness (QED) is 0.436. The second kappa shape index (κ2) is 3.88. The maximum Gasteiger partial charge on any atom is 0.160 e. The zero-order valence-corrected chi connectivity index (χ0v) is 9.44. The van der Waals surface area contributed by atoms with E-state index in [-0.39, 0.29) is 17.6 Å². The maximum atomic E-state index is 9.62. The van der Waals surface area contributed by atoms with Crippen molar-refractivity contribution in [3.05, 3.63) is 12.4 Å². The Kier molecular flexibility index (Phi) is 2.69. The van der Waals surface area contributed by atoms with Gasteiger partial charge in [0, 0.05) is 11.5 Å². The van der Waals surface area contributed by atoms with Crippen LogP contribution in [0.4, 0.5) is 11.6 Å². The lowest BCUT2D eigenvalue weighted by molar-refractivity contribution is -0.0511. The first-order valence-electron chi connectivity index (χ1n) is 5.27. The van der Waals surface area contributed by atoms with Crippen molar-refractivity contribution in [3.8, 4) is 0 Å². The molecule has 0 bridgehead atoms. The van der Waals surface area contributed by atoms with Crippen LogP contribution in [0.1, 0.15) is 20.3 Å². The number of aromatic nitrogens is 2. The number of nitrogens with one attached hydrogen (secondary N) is 2. The van der Waals surface area contributed by atoms with Crippen LogP contribution >= 0.6 is 0 Å². The zero-order chi connectivity index (χ0) is 11.8. The van der Waals surface area contributed by atoms with Crippen molar-refractivity contribution in [3.63, 3.8) is 0 Å². The van der Waals surface area contributed by atoms with E-state index in [2.05, 4.69) is 20.7 Å². The fourth-order valence-corrected chi connectivity index (χ4v) is 1.83. The number of aliphatic hydroxyl groups is 1. The summed E-state index contributed by atoms with van der Waals surface area (Å²) in [6.45, 7) is 4.05. The monoisotopic (exact) mass is 223 g/mol. The third-order valence-corrected chi connectivity index (χ3v) is 3.32. The highest BCUT2D eigenvalue weighted by Gasteiger charge is 2.47. The summed E-state index contributed by atoms with van der Waals surface area (Å²) in [6.07, 6.45) is 3.66. The lowest BCUT2D eigenvalue weighted by Gasteiger charge is -2.49. The summed E-state index contributed by atoms with van der Waals surface area (Å²) in [4.78, 5) is 8.22. The Hall–Kier alpha value is -1.40. The molecule has 0 saturated heterocycles. The van der Waals surface area contributed by atoms with Crippen molar-refractivity contribution in [1.29, 1.82) is 0 Å². The minimum absolute atomic E-state index is 0.131. The van der Waals surface area contributed by atoms with Crippen LogP contribution in [0, 0.1) is 5.41 Å². The van der Waals surface area contributed by atoms with Gasteiger partial charge in [-0.05, 0) is 6.42 Å². The lowest BCUT2D eigenvalue weighted by Crippen LogP contribution is -2.57. The molecule has 0 spiro atoms. The third-order valence-electron chi connectivity index (χ3n) is 3.32. The molecule has 1 aliphatic carbocycles. The first-order valence-corrected chi connectivity index (χ1v) is 5.27. The number of aliphatic hydroxyl groups excluding tert-OH is 1. The van der Waals surface area contributed by atoms with E-state index < -0.39 is 0 Å². The van der Waals surface area contributed by atoms with Crippen molar-refractivity contribution in [2.24, 2.45) is 11.3 Å². The molecule has 0 aliphatic heterocycles. The molecule has 1 aliphatic rings. The first kappa shape index (κ1) is 11.1. The Labute approximate surface area is 94.3 Å². The van der Waals surface area contributed by atoms with E-state index in [9.17, 15) is 5.11 Å². The van der Waals surface area contributed by atoms with Gasteiger partial charge in [-0.2, -0.15) is 0 Å². The molecule has 16 heavy (non-hydrogen) atoms. The van der Waals surface area contributed by atoms with E-state index in [1.807, 2.05) is 13.8 Å². The Morgan fingerprint density at radius 2 is 2.12 bits per heavy atom. The molecule has 1 heterocycles. The van der Waals surface area contributed by atoms with Crippen LogP contribution in [-0.2, 0) is 0 Å². The average molecular weight is 223 g/mol. The molecular formula is C10H17N5O. The predicted molar refractivity (Wildman–Crippen MR) is 61.7 cm³/mol. The van der Waals surface area contributed by atoms with Crippen LogP contribution in [0.2, 0.25) is 0 Å². The van der Waals surface area contributed by atoms with Crippen molar-refractivity contribution in [2.45, 2.75) is 32.4 Å². The van der Waals surface area contributed by atoms with Gasteiger partial charge < -0.3 is 15.8 Å². The van der Waals surface area contributed by atoms with Gasteiger partial charge in [-0.15, -0.1) is 0 Å². The fourth-order valence-electron chi connectivity index (χ4n) is 1.83. The molecular weight excluding hydrogens is 206 g/mol. The van der Waals surface area contributed by atoms with Crippen molar-refractivity contribution in [2.75, 3.05) is 10.7 Å². The van der Waals surface area contributed by atoms with Gasteiger partial charge in [0.1, 0.15) is 5.82 Å². The molecule has 0 amide bonds. The molecule has 2 unspecified atom stereocenters. The molecule has 0 aromatic carbocycles. The molecule has 6 heteroatoms. The molecule has 5 N–H and O–H groups in total. The van der Waals surface area contributed by atoms with Crippen molar-refractivity contribution < 1.29 is 5.11 Å². The number of nitrogens with zero attached hydrogens (tertiary/aromatic N) is 2. The largest absolute Gasteiger partial charge is 0.392 e. The fraction of sp³-hybridized carbons (Fsp3) is 0.600. The van der Waals surface area contributed by atoms with Crippen LogP contribution in [0.15, 0.2) is 12.4 Å². The van der Waals surface area contributed by atoms with Gasteiger partial charge in [0.2, 0.25) is 0 Å². The van der Waals surface area contributed by atoms with E-state index >= 15 is 0 Å². The van der Waals surface area contributed by atoms with Crippen LogP contribution in [0.3, 0.4) is 0 Å². The van der Waals surface area contributed by atoms with Gasteiger partial charge in [-0.1, -0.05) is 13.8 Å². The summed E-state index contributed by atoms with van der Waals surface area (Å²) in [5.74, 6) is 6.43. The Morgan fingerprint density at radius 1 is 1.44 bits per heavy atom. The summed E-state index contributed by atoms with van der Waals surface area (Å²) >= 11 is 0. The number of hydrogen-bond donors (Lipinski definition) is 4. The number of rotatable bonds is 3. The molecule has 2 rings (SSSR count). The molecule has 1 saturated carbocycles. The van der Waals surface area contributed by atoms with E-state index in [1.165, 1.54) is 0 Å². The summed E-state index contributed by atoms with van der Waals surface area (Å²) in [5, 5.41) is 12.9. The van der Waals surface area contributed by atoms with Crippen LogP contribution < -0.4 is 16.6 Å². The average Bonchev–Trinajstić information content (AvgIpc) is 2.29. The highest BCUT2D eigenvalue weighted by atomic mass is 16.3. The minimum atomic E-state index is -0.256. The minimum Gasteiger partial charge on any atom is -0.392 e. The van der Waals surface area contributed by atoms with Gasteiger partial charge >= 0.3 is 0 Å². The second-order valence-electron chi connectivity index (χ2n) is 4.70. The normalized spacial score (nSPS) is 27.0. The van der Waals surface area contributed by atoms with E-state index in [4.69, 9.17) is 5.84 Å². The highest BCUT2D eigenvalue weighted by molar-refractivity contribution is 5.42. The number of hydrogen-bond acceptors (Lipinski definition) is 6. The van der Waals surface area contributed by atoms with E-state index in [0.717, 1.165) is 6.42 Å². The number of hydrazine groups is 1. The molecule has 2 atom stereocenters. The maximum absolute atomic E-state index is 9.62. The van der Waals surface area contributed by atoms with Gasteiger partial charge in [0.15, 0.2) is 5.82 Å². The highest BCUT2D eigenvalue weighted by Crippen LogP contribution is 2.41.